The Morgan fingerprint density at radius 2 is 2.11 bits per heavy atom. The van der Waals surface area contributed by atoms with Crippen molar-refractivity contribution < 1.29 is 9.47 Å². The molecule has 0 amide bonds. The second-order valence-electron chi connectivity index (χ2n) is 4.02. The minimum Gasteiger partial charge on any atom is -0.496 e. The Morgan fingerprint density at radius 1 is 1.33 bits per heavy atom. The van der Waals surface area contributed by atoms with Gasteiger partial charge in [-0.25, -0.2) is 0 Å². The molecule has 0 aliphatic rings. The van der Waals surface area contributed by atoms with Crippen LogP contribution in [0.25, 0.3) is 0 Å². The maximum absolute atomic E-state index is 5.51. The van der Waals surface area contributed by atoms with E-state index in [2.05, 4.69) is 10.3 Å². The molecular formula is C13H21ClN2O2. The van der Waals surface area contributed by atoms with Crippen LogP contribution in [-0.2, 0) is 11.3 Å². The van der Waals surface area contributed by atoms with E-state index < -0.39 is 0 Å². The van der Waals surface area contributed by atoms with Crippen LogP contribution in [0.5, 0.6) is 5.75 Å². The number of hydrogen-bond acceptors (Lipinski definition) is 4. The molecule has 4 nitrogen and oxygen atoms in total. The molecule has 0 aromatic carbocycles. The van der Waals surface area contributed by atoms with Crippen molar-refractivity contribution in [1.29, 1.82) is 0 Å². The fourth-order valence-corrected chi connectivity index (χ4v) is 1.87. The average Bonchev–Trinajstić information content (AvgIpc) is 2.36. The lowest BCUT2D eigenvalue weighted by Gasteiger charge is -2.12. The highest BCUT2D eigenvalue weighted by atomic mass is 35.5. The van der Waals surface area contributed by atoms with Gasteiger partial charge in [0.05, 0.1) is 26.0 Å². The Labute approximate surface area is 114 Å². The third-order valence-corrected chi connectivity index (χ3v) is 2.84. The Morgan fingerprint density at radius 3 is 2.78 bits per heavy atom. The van der Waals surface area contributed by atoms with Gasteiger partial charge in [0.25, 0.3) is 0 Å². The number of aryl methyl sites for hydroxylation is 1. The minimum absolute atomic E-state index is 0.538. The molecule has 102 valence electrons. The summed E-state index contributed by atoms with van der Waals surface area (Å²) in [5.41, 5.74) is 3.16. The van der Waals surface area contributed by atoms with Crippen LogP contribution in [0.2, 0.25) is 0 Å². The molecule has 1 N–H and O–H groups in total. The molecule has 0 saturated carbocycles. The third-order valence-electron chi connectivity index (χ3n) is 2.69. The highest BCUT2D eigenvalue weighted by Crippen LogP contribution is 2.23. The highest BCUT2D eigenvalue weighted by Gasteiger charge is 2.08. The fourth-order valence-electron chi connectivity index (χ4n) is 1.76. The van der Waals surface area contributed by atoms with Crippen molar-refractivity contribution in [2.24, 2.45) is 0 Å². The molecule has 18 heavy (non-hydrogen) atoms. The fraction of sp³-hybridized carbons (Fsp3) is 0.615. The van der Waals surface area contributed by atoms with Gasteiger partial charge in [-0.05, 0) is 13.8 Å². The lowest BCUT2D eigenvalue weighted by atomic mass is 10.1. The van der Waals surface area contributed by atoms with E-state index in [1.54, 1.807) is 7.11 Å². The molecular weight excluding hydrogens is 252 g/mol. The van der Waals surface area contributed by atoms with E-state index in [-0.39, 0.29) is 0 Å². The predicted octanol–water partition coefficient (Wildman–Crippen LogP) is 2.05. The van der Waals surface area contributed by atoms with Crippen molar-refractivity contribution in [2.75, 3.05) is 32.7 Å². The number of methoxy groups -OCH3 is 1. The van der Waals surface area contributed by atoms with Crippen LogP contribution in [0.15, 0.2) is 6.20 Å². The summed E-state index contributed by atoms with van der Waals surface area (Å²) < 4.78 is 10.6. The molecule has 5 heteroatoms. The molecule has 0 bridgehead atoms. The number of pyridine rings is 1. The SMILES string of the molecule is COc1c(C)cnc(CNCCOCCCl)c1C. The zero-order valence-corrected chi connectivity index (χ0v) is 12.0. The summed E-state index contributed by atoms with van der Waals surface area (Å²) in [6, 6.07) is 0. The zero-order chi connectivity index (χ0) is 13.4. The first-order chi connectivity index (χ1) is 8.70. The van der Waals surface area contributed by atoms with Gasteiger partial charge < -0.3 is 14.8 Å². The molecule has 0 aliphatic heterocycles. The molecule has 0 unspecified atom stereocenters. The number of aromatic nitrogens is 1. The molecule has 1 aromatic heterocycles. The quantitative estimate of drug-likeness (QED) is 0.581. The van der Waals surface area contributed by atoms with Crippen LogP contribution in [0.4, 0.5) is 0 Å². The summed E-state index contributed by atoms with van der Waals surface area (Å²) in [5, 5.41) is 3.29. The summed E-state index contributed by atoms with van der Waals surface area (Å²) in [6.45, 7) is 6.78. The van der Waals surface area contributed by atoms with Crippen molar-refractivity contribution in [2.45, 2.75) is 20.4 Å². The first kappa shape index (κ1) is 15.2. The Kier molecular flexibility index (Phi) is 7.01. The van der Waals surface area contributed by atoms with E-state index in [9.17, 15) is 0 Å². The van der Waals surface area contributed by atoms with Crippen molar-refractivity contribution in [3.63, 3.8) is 0 Å². The van der Waals surface area contributed by atoms with Gasteiger partial charge in [0.1, 0.15) is 5.75 Å². The standard InChI is InChI=1S/C13H21ClN2O2/c1-10-8-16-12(11(2)13(10)17-3)9-15-5-7-18-6-4-14/h8,15H,4-7,9H2,1-3H3. The maximum Gasteiger partial charge on any atom is 0.128 e. The lowest BCUT2D eigenvalue weighted by Crippen LogP contribution is -2.21. The van der Waals surface area contributed by atoms with Crippen molar-refractivity contribution in [3.8, 4) is 5.75 Å². The molecule has 0 aliphatic carbocycles. The number of rotatable bonds is 8. The Bertz CT molecular complexity index is 372. The first-order valence-electron chi connectivity index (χ1n) is 6.04. The molecule has 1 aromatic rings. The van der Waals surface area contributed by atoms with Gasteiger partial charge in [-0.3, -0.25) is 4.98 Å². The van der Waals surface area contributed by atoms with E-state index in [1.807, 2.05) is 20.0 Å². The minimum atomic E-state index is 0.538. The van der Waals surface area contributed by atoms with Gasteiger partial charge in [0.15, 0.2) is 0 Å². The highest BCUT2D eigenvalue weighted by molar-refractivity contribution is 6.17. The Hall–Kier alpha value is -0.840. The number of alkyl halides is 1. The summed E-state index contributed by atoms with van der Waals surface area (Å²) in [7, 11) is 1.69. The van der Waals surface area contributed by atoms with Gasteiger partial charge in [-0.1, -0.05) is 0 Å². The largest absolute Gasteiger partial charge is 0.496 e. The molecule has 0 radical (unpaired) electrons. The first-order valence-corrected chi connectivity index (χ1v) is 6.57. The number of nitrogens with zero attached hydrogens (tertiary/aromatic N) is 1. The third kappa shape index (κ3) is 4.44. The van der Waals surface area contributed by atoms with Crippen LogP contribution >= 0.6 is 11.6 Å². The normalized spacial score (nSPS) is 10.7. The number of hydrogen-bond donors (Lipinski definition) is 1. The molecule has 0 atom stereocenters. The average molecular weight is 273 g/mol. The number of ether oxygens (including phenoxy) is 2. The van der Waals surface area contributed by atoms with E-state index in [0.717, 1.165) is 29.1 Å². The molecule has 0 fully saturated rings. The number of halogens is 1. The van der Waals surface area contributed by atoms with Crippen LogP contribution in [0.1, 0.15) is 16.8 Å². The summed E-state index contributed by atoms with van der Waals surface area (Å²) in [4.78, 5) is 4.42. The lowest BCUT2D eigenvalue weighted by molar-refractivity contribution is 0.150. The van der Waals surface area contributed by atoms with E-state index in [4.69, 9.17) is 21.1 Å². The van der Waals surface area contributed by atoms with Gasteiger partial charge >= 0.3 is 0 Å². The van der Waals surface area contributed by atoms with Crippen molar-refractivity contribution >= 4 is 11.6 Å². The van der Waals surface area contributed by atoms with Gasteiger partial charge in [-0.15, -0.1) is 11.6 Å². The monoisotopic (exact) mass is 272 g/mol. The van der Waals surface area contributed by atoms with E-state index in [1.165, 1.54) is 0 Å². The van der Waals surface area contributed by atoms with Gasteiger partial charge in [0, 0.05) is 36.3 Å². The summed E-state index contributed by atoms with van der Waals surface area (Å²) in [5.74, 6) is 1.45. The predicted molar refractivity (Wildman–Crippen MR) is 73.5 cm³/mol. The van der Waals surface area contributed by atoms with Crippen molar-refractivity contribution in [3.05, 3.63) is 23.0 Å². The van der Waals surface area contributed by atoms with Gasteiger partial charge in [0.2, 0.25) is 0 Å². The van der Waals surface area contributed by atoms with Crippen molar-refractivity contribution in [1.82, 2.24) is 10.3 Å². The van der Waals surface area contributed by atoms with E-state index >= 15 is 0 Å². The van der Waals surface area contributed by atoms with Crippen LogP contribution in [0, 0.1) is 13.8 Å². The van der Waals surface area contributed by atoms with Crippen LogP contribution in [-0.4, -0.2) is 37.7 Å². The Balaban J connectivity index is 2.43. The smallest absolute Gasteiger partial charge is 0.128 e. The molecule has 0 saturated heterocycles. The van der Waals surface area contributed by atoms with Crippen LogP contribution in [0.3, 0.4) is 0 Å². The summed E-state index contributed by atoms with van der Waals surface area (Å²) >= 11 is 5.51. The second kappa shape index (κ2) is 8.29. The van der Waals surface area contributed by atoms with E-state index in [0.29, 0.717) is 25.6 Å². The molecule has 1 heterocycles. The maximum atomic E-state index is 5.51. The topological polar surface area (TPSA) is 43.4 Å². The van der Waals surface area contributed by atoms with Crippen LogP contribution < -0.4 is 10.1 Å². The number of nitrogens with one attached hydrogen (secondary N) is 1. The molecule has 1 rings (SSSR count). The zero-order valence-electron chi connectivity index (χ0n) is 11.3. The second-order valence-corrected chi connectivity index (χ2v) is 4.40. The van der Waals surface area contributed by atoms with Gasteiger partial charge in [-0.2, -0.15) is 0 Å². The summed E-state index contributed by atoms with van der Waals surface area (Å²) in [6.07, 6.45) is 1.84. The molecule has 0 spiro atoms.